The number of H-pyrrole nitrogens is 1. The number of aliphatic hydroxyl groups excluding tert-OH is 1. The Kier molecular flexibility index (Phi) is 5.51. The molecule has 5 nitrogen and oxygen atoms in total. The summed E-state index contributed by atoms with van der Waals surface area (Å²) in [4.78, 5) is 9.79. The van der Waals surface area contributed by atoms with Gasteiger partial charge in [0.15, 0.2) is 0 Å². The quantitative estimate of drug-likeness (QED) is 0.704. The van der Waals surface area contributed by atoms with E-state index in [1.807, 2.05) is 36.5 Å². The summed E-state index contributed by atoms with van der Waals surface area (Å²) in [5.41, 5.74) is 3.32. The molecule has 0 radical (unpaired) electrons. The SMILES string of the molecule is OC(CCc1ccccc1)c1ccc2c(c1)CN(Cc1ncc[nH]1)CCO2. The van der Waals surface area contributed by atoms with Crippen LogP contribution in [-0.4, -0.2) is 33.1 Å². The number of hydrogen-bond donors (Lipinski definition) is 2. The Balaban J connectivity index is 1.44. The molecule has 140 valence electrons. The standard InChI is InChI=1S/C22H25N3O2/c26-20(8-6-17-4-2-1-3-5-17)18-7-9-21-19(14-18)15-25(12-13-27-21)16-22-23-10-11-24-22/h1-5,7,9-11,14,20,26H,6,8,12-13,15-16H2,(H,23,24). The number of imidazole rings is 1. The number of benzene rings is 2. The average molecular weight is 363 g/mol. The third kappa shape index (κ3) is 4.56. The Hall–Kier alpha value is -2.63. The molecule has 0 fully saturated rings. The molecule has 0 saturated heterocycles. The van der Waals surface area contributed by atoms with Crippen LogP contribution in [-0.2, 0) is 19.5 Å². The first-order valence-corrected chi connectivity index (χ1v) is 9.46. The van der Waals surface area contributed by atoms with E-state index in [0.29, 0.717) is 13.0 Å². The van der Waals surface area contributed by atoms with Crippen molar-refractivity contribution in [2.24, 2.45) is 0 Å². The Bertz CT molecular complexity index is 849. The zero-order valence-electron chi connectivity index (χ0n) is 15.3. The van der Waals surface area contributed by atoms with E-state index in [1.165, 1.54) is 5.56 Å². The molecular formula is C22H25N3O2. The maximum Gasteiger partial charge on any atom is 0.123 e. The first kappa shape index (κ1) is 17.8. The monoisotopic (exact) mass is 363 g/mol. The normalized spacial score (nSPS) is 15.6. The predicted octanol–water partition coefficient (Wildman–Crippen LogP) is 3.47. The van der Waals surface area contributed by atoms with Gasteiger partial charge in [-0.2, -0.15) is 0 Å². The van der Waals surface area contributed by atoms with E-state index in [-0.39, 0.29) is 0 Å². The molecule has 1 aromatic heterocycles. The topological polar surface area (TPSA) is 61.4 Å². The zero-order valence-corrected chi connectivity index (χ0v) is 15.3. The molecule has 1 aliphatic rings. The summed E-state index contributed by atoms with van der Waals surface area (Å²) in [7, 11) is 0. The second-order valence-electron chi connectivity index (χ2n) is 7.00. The number of ether oxygens (including phenoxy) is 1. The lowest BCUT2D eigenvalue weighted by Crippen LogP contribution is -2.25. The molecule has 0 aliphatic carbocycles. The van der Waals surface area contributed by atoms with Gasteiger partial charge in [-0.25, -0.2) is 4.98 Å². The van der Waals surface area contributed by atoms with E-state index in [1.54, 1.807) is 6.20 Å². The molecule has 4 rings (SSSR count). The minimum absolute atomic E-state index is 0.475. The van der Waals surface area contributed by atoms with Crippen LogP contribution in [0, 0.1) is 0 Å². The zero-order chi connectivity index (χ0) is 18.5. The predicted molar refractivity (Wildman–Crippen MR) is 104 cm³/mol. The van der Waals surface area contributed by atoms with E-state index in [0.717, 1.165) is 48.8 Å². The summed E-state index contributed by atoms with van der Waals surface area (Å²) in [6.45, 7) is 3.05. The second-order valence-corrected chi connectivity index (χ2v) is 7.00. The van der Waals surface area contributed by atoms with Gasteiger partial charge in [0, 0.05) is 31.0 Å². The van der Waals surface area contributed by atoms with Crippen LogP contribution in [0.25, 0.3) is 0 Å². The van der Waals surface area contributed by atoms with Gasteiger partial charge < -0.3 is 14.8 Å². The Morgan fingerprint density at radius 3 is 2.89 bits per heavy atom. The molecule has 1 atom stereocenters. The van der Waals surface area contributed by atoms with Gasteiger partial charge >= 0.3 is 0 Å². The van der Waals surface area contributed by atoms with Gasteiger partial charge in [0.05, 0.1) is 12.6 Å². The minimum Gasteiger partial charge on any atom is -0.492 e. The van der Waals surface area contributed by atoms with Crippen LogP contribution in [0.1, 0.15) is 35.0 Å². The van der Waals surface area contributed by atoms with E-state index >= 15 is 0 Å². The maximum absolute atomic E-state index is 10.7. The molecule has 0 spiro atoms. The maximum atomic E-state index is 10.7. The third-order valence-corrected chi connectivity index (χ3v) is 5.01. The van der Waals surface area contributed by atoms with Crippen molar-refractivity contribution < 1.29 is 9.84 Å². The van der Waals surface area contributed by atoms with Crippen LogP contribution >= 0.6 is 0 Å². The van der Waals surface area contributed by atoms with Gasteiger partial charge in [0.25, 0.3) is 0 Å². The van der Waals surface area contributed by atoms with E-state index in [4.69, 9.17) is 4.74 Å². The van der Waals surface area contributed by atoms with Gasteiger partial charge in [-0.05, 0) is 36.1 Å². The summed E-state index contributed by atoms with van der Waals surface area (Å²) in [6, 6.07) is 16.4. The van der Waals surface area contributed by atoms with Crippen molar-refractivity contribution in [3.63, 3.8) is 0 Å². The minimum atomic E-state index is -0.475. The van der Waals surface area contributed by atoms with Crippen molar-refractivity contribution in [3.8, 4) is 5.75 Å². The van der Waals surface area contributed by atoms with Gasteiger partial charge in [0.2, 0.25) is 0 Å². The summed E-state index contributed by atoms with van der Waals surface area (Å²) >= 11 is 0. The fraction of sp³-hybridized carbons (Fsp3) is 0.318. The first-order chi connectivity index (χ1) is 13.3. The van der Waals surface area contributed by atoms with Crippen molar-refractivity contribution >= 4 is 0 Å². The number of hydrogen-bond acceptors (Lipinski definition) is 4. The van der Waals surface area contributed by atoms with E-state index < -0.39 is 6.10 Å². The van der Waals surface area contributed by atoms with Crippen molar-refractivity contribution in [1.29, 1.82) is 0 Å². The number of aromatic nitrogens is 2. The fourth-order valence-electron chi connectivity index (χ4n) is 3.52. The van der Waals surface area contributed by atoms with Gasteiger partial charge in [-0.15, -0.1) is 0 Å². The summed E-state index contributed by atoms with van der Waals surface area (Å²) < 4.78 is 5.91. The van der Waals surface area contributed by atoms with Gasteiger partial charge in [-0.1, -0.05) is 36.4 Å². The Labute approximate surface area is 159 Å². The molecule has 1 aliphatic heterocycles. The number of nitrogens with zero attached hydrogens (tertiary/aromatic N) is 2. The van der Waals surface area contributed by atoms with Crippen LogP contribution in [0.2, 0.25) is 0 Å². The van der Waals surface area contributed by atoms with Gasteiger partial charge in [-0.3, -0.25) is 4.90 Å². The fourth-order valence-corrected chi connectivity index (χ4v) is 3.52. The number of nitrogens with one attached hydrogen (secondary N) is 1. The van der Waals surface area contributed by atoms with E-state index in [9.17, 15) is 5.11 Å². The molecule has 1 unspecified atom stereocenters. The van der Waals surface area contributed by atoms with Crippen molar-refractivity contribution in [2.45, 2.75) is 32.0 Å². The molecule has 2 heterocycles. The highest BCUT2D eigenvalue weighted by Crippen LogP contribution is 2.28. The highest BCUT2D eigenvalue weighted by Gasteiger charge is 2.18. The highest BCUT2D eigenvalue weighted by molar-refractivity contribution is 5.38. The Morgan fingerprint density at radius 2 is 2.07 bits per heavy atom. The second kappa shape index (κ2) is 8.37. The van der Waals surface area contributed by atoms with E-state index in [2.05, 4.69) is 33.1 Å². The summed E-state index contributed by atoms with van der Waals surface area (Å²) in [5.74, 6) is 1.87. The van der Waals surface area contributed by atoms with Crippen LogP contribution < -0.4 is 4.74 Å². The lowest BCUT2D eigenvalue weighted by atomic mass is 9.99. The number of aryl methyl sites for hydroxylation is 1. The molecular weight excluding hydrogens is 338 g/mol. The molecule has 27 heavy (non-hydrogen) atoms. The molecule has 2 N–H and O–H groups in total. The number of aliphatic hydroxyl groups is 1. The molecule has 0 bridgehead atoms. The molecule has 0 saturated carbocycles. The first-order valence-electron chi connectivity index (χ1n) is 9.46. The Morgan fingerprint density at radius 1 is 1.19 bits per heavy atom. The molecule has 2 aromatic carbocycles. The van der Waals surface area contributed by atoms with Crippen molar-refractivity contribution in [2.75, 3.05) is 13.2 Å². The largest absolute Gasteiger partial charge is 0.492 e. The lowest BCUT2D eigenvalue weighted by molar-refractivity contribution is 0.167. The third-order valence-electron chi connectivity index (χ3n) is 5.01. The van der Waals surface area contributed by atoms with Crippen molar-refractivity contribution in [1.82, 2.24) is 14.9 Å². The number of aromatic amines is 1. The number of rotatable bonds is 6. The van der Waals surface area contributed by atoms with Gasteiger partial charge in [0.1, 0.15) is 18.2 Å². The highest BCUT2D eigenvalue weighted by atomic mass is 16.5. The molecule has 0 amide bonds. The molecule has 3 aromatic rings. The lowest BCUT2D eigenvalue weighted by Gasteiger charge is -2.18. The number of fused-ring (bicyclic) bond motifs is 1. The molecule has 5 heteroatoms. The van der Waals surface area contributed by atoms with Crippen LogP contribution in [0.3, 0.4) is 0 Å². The van der Waals surface area contributed by atoms with Crippen LogP contribution in [0.5, 0.6) is 5.75 Å². The average Bonchev–Trinajstić information content (AvgIpc) is 3.12. The smallest absolute Gasteiger partial charge is 0.123 e. The summed E-state index contributed by atoms with van der Waals surface area (Å²) in [5, 5.41) is 10.7. The van der Waals surface area contributed by atoms with Crippen LogP contribution in [0.15, 0.2) is 60.9 Å². The van der Waals surface area contributed by atoms with Crippen LogP contribution in [0.4, 0.5) is 0 Å². The summed E-state index contributed by atoms with van der Waals surface area (Å²) in [6.07, 6.45) is 4.72. The van der Waals surface area contributed by atoms with Crippen molar-refractivity contribution in [3.05, 3.63) is 83.4 Å².